The van der Waals surface area contributed by atoms with Gasteiger partial charge in [-0.25, -0.2) is 4.79 Å². The zero-order chi connectivity index (χ0) is 18.6. The largest absolute Gasteiger partial charge is 0.416 e. The highest BCUT2D eigenvalue weighted by atomic mass is 79.9. The molecule has 0 aliphatic heterocycles. The fourth-order valence-corrected chi connectivity index (χ4v) is 2.72. The standard InChI is InChI=1S/C18H18BrF3N2O/c1-12(14-4-3-5-16(19)10-14)23-17(25)24(2)11-13-6-8-15(9-7-13)18(20,21)22/h3-10,12H,11H2,1-2H3,(H,23,25)/t12-/m1/s1. The Morgan fingerprint density at radius 3 is 2.40 bits per heavy atom. The Balaban J connectivity index is 1.96. The second-order valence-corrected chi connectivity index (χ2v) is 6.69. The highest BCUT2D eigenvalue weighted by Crippen LogP contribution is 2.29. The lowest BCUT2D eigenvalue weighted by Gasteiger charge is -2.22. The van der Waals surface area contributed by atoms with Crippen LogP contribution in [0.1, 0.15) is 29.7 Å². The van der Waals surface area contributed by atoms with Crippen molar-refractivity contribution in [1.82, 2.24) is 10.2 Å². The maximum atomic E-state index is 12.6. The van der Waals surface area contributed by atoms with Crippen LogP contribution in [0, 0.1) is 0 Å². The summed E-state index contributed by atoms with van der Waals surface area (Å²) in [6.07, 6.45) is -4.36. The topological polar surface area (TPSA) is 32.3 Å². The van der Waals surface area contributed by atoms with Crippen LogP contribution in [0.5, 0.6) is 0 Å². The first kappa shape index (κ1) is 19.3. The molecule has 0 saturated carbocycles. The van der Waals surface area contributed by atoms with Crippen molar-refractivity contribution in [2.24, 2.45) is 0 Å². The molecule has 0 aliphatic carbocycles. The maximum Gasteiger partial charge on any atom is 0.416 e. The van der Waals surface area contributed by atoms with Crippen molar-refractivity contribution in [1.29, 1.82) is 0 Å². The maximum absolute atomic E-state index is 12.6. The van der Waals surface area contributed by atoms with Gasteiger partial charge in [-0.15, -0.1) is 0 Å². The summed E-state index contributed by atoms with van der Waals surface area (Å²) in [7, 11) is 1.60. The molecule has 3 nitrogen and oxygen atoms in total. The van der Waals surface area contributed by atoms with Crippen molar-refractivity contribution >= 4 is 22.0 Å². The lowest BCUT2D eigenvalue weighted by molar-refractivity contribution is -0.137. The minimum absolute atomic E-state index is 0.194. The zero-order valence-corrected chi connectivity index (χ0v) is 15.4. The molecule has 7 heteroatoms. The lowest BCUT2D eigenvalue weighted by atomic mass is 10.1. The van der Waals surface area contributed by atoms with Crippen LogP contribution in [0.2, 0.25) is 0 Å². The number of hydrogen-bond donors (Lipinski definition) is 1. The third-order valence-corrected chi connectivity index (χ3v) is 4.23. The van der Waals surface area contributed by atoms with Gasteiger partial charge in [0.1, 0.15) is 0 Å². The van der Waals surface area contributed by atoms with Gasteiger partial charge in [0.05, 0.1) is 11.6 Å². The van der Waals surface area contributed by atoms with E-state index in [0.29, 0.717) is 5.56 Å². The van der Waals surface area contributed by atoms with E-state index in [2.05, 4.69) is 21.2 Å². The van der Waals surface area contributed by atoms with Crippen molar-refractivity contribution < 1.29 is 18.0 Å². The van der Waals surface area contributed by atoms with Gasteiger partial charge >= 0.3 is 12.2 Å². The van der Waals surface area contributed by atoms with Crippen molar-refractivity contribution in [3.05, 3.63) is 69.7 Å². The van der Waals surface area contributed by atoms with Crippen LogP contribution < -0.4 is 5.32 Å². The van der Waals surface area contributed by atoms with Gasteiger partial charge in [0, 0.05) is 18.1 Å². The molecule has 0 bridgehead atoms. The van der Waals surface area contributed by atoms with E-state index in [1.807, 2.05) is 31.2 Å². The molecule has 0 fully saturated rings. The lowest BCUT2D eigenvalue weighted by Crippen LogP contribution is -2.38. The fourth-order valence-electron chi connectivity index (χ4n) is 2.30. The third kappa shape index (κ3) is 5.49. The number of urea groups is 1. The van der Waals surface area contributed by atoms with Gasteiger partial charge in [-0.1, -0.05) is 40.2 Å². The number of hydrogen-bond acceptors (Lipinski definition) is 1. The van der Waals surface area contributed by atoms with E-state index in [1.54, 1.807) is 7.05 Å². The number of nitrogens with one attached hydrogen (secondary N) is 1. The summed E-state index contributed by atoms with van der Waals surface area (Å²) in [5.74, 6) is 0. The van der Waals surface area contributed by atoms with Gasteiger partial charge in [-0.3, -0.25) is 0 Å². The summed E-state index contributed by atoms with van der Waals surface area (Å²) in [4.78, 5) is 13.7. The molecule has 0 unspecified atom stereocenters. The quantitative estimate of drug-likeness (QED) is 0.716. The summed E-state index contributed by atoms with van der Waals surface area (Å²) in [5, 5.41) is 2.87. The number of nitrogens with zero attached hydrogens (tertiary/aromatic N) is 1. The molecular weight excluding hydrogens is 397 g/mol. The van der Waals surface area contributed by atoms with Gasteiger partial charge in [0.2, 0.25) is 0 Å². The number of halogens is 4. The second kappa shape index (κ2) is 7.91. The molecular formula is C18H18BrF3N2O. The first-order valence-corrected chi connectivity index (χ1v) is 8.39. The van der Waals surface area contributed by atoms with Crippen LogP contribution >= 0.6 is 15.9 Å². The molecule has 1 N–H and O–H groups in total. The van der Waals surface area contributed by atoms with Crippen LogP contribution in [-0.2, 0) is 12.7 Å². The summed E-state index contributed by atoms with van der Waals surface area (Å²) in [6, 6.07) is 11.9. The zero-order valence-electron chi connectivity index (χ0n) is 13.8. The molecule has 2 aromatic rings. The summed E-state index contributed by atoms with van der Waals surface area (Å²) < 4.78 is 38.6. The molecule has 0 heterocycles. The van der Waals surface area contributed by atoms with Gasteiger partial charge in [-0.05, 0) is 42.3 Å². The van der Waals surface area contributed by atoms with E-state index in [1.165, 1.54) is 17.0 Å². The number of carbonyl (C=O) groups is 1. The Hall–Kier alpha value is -2.02. The van der Waals surface area contributed by atoms with Crippen molar-refractivity contribution in [3.8, 4) is 0 Å². The highest BCUT2D eigenvalue weighted by molar-refractivity contribution is 9.10. The minimum atomic E-state index is -4.36. The van der Waals surface area contributed by atoms with Crippen molar-refractivity contribution in [3.63, 3.8) is 0 Å². The van der Waals surface area contributed by atoms with E-state index in [0.717, 1.165) is 22.2 Å². The molecule has 2 aromatic carbocycles. The Labute approximate surface area is 153 Å². The van der Waals surface area contributed by atoms with Crippen molar-refractivity contribution in [2.75, 3.05) is 7.05 Å². The van der Waals surface area contributed by atoms with Crippen LogP contribution in [-0.4, -0.2) is 18.0 Å². The van der Waals surface area contributed by atoms with Gasteiger partial charge in [0.15, 0.2) is 0 Å². The number of amides is 2. The fraction of sp³-hybridized carbons (Fsp3) is 0.278. The average molecular weight is 415 g/mol. The number of benzene rings is 2. The molecule has 1 atom stereocenters. The molecule has 0 radical (unpaired) electrons. The van der Waals surface area contributed by atoms with Crippen molar-refractivity contribution in [2.45, 2.75) is 25.7 Å². The smallest absolute Gasteiger partial charge is 0.331 e. The monoisotopic (exact) mass is 414 g/mol. The Morgan fingerprint density at radius 1 is 1.20 bits per heavy atom. The Kier molecular flexibility index (Phi) is 6.11. The minimum Gasteiger partial charge on any atom is -0.331 e. The second-order valence-electron chi connectivity index (χ2n) is 5.78. The Bertz CT molecular complexity index is 732. The van der Waals surface area contributed by atoms with Gasteiger partial charge in [0.25, 0.3) is 0 Å². The van der Waals surface area contributed by atoms with E-state index < -0.39 is 11.7 Å². The average Bonchev–Trinajstić information content (AvgIpc) is 2.54. The first-order valence-electron chi connectivity index (χ1n) is 7.60. The van der Waals surface area contributed by atoms with Gasteiger partial charge < -0.3 is 10.2 Å². The van der Waals surface area contributed by atoms with E-state index in [-0.39, 0.29) is 18.6 Å². The third-order valence-electron chi connectivity index (χ3n) is 3.74. The summed E-state index contributed by atoms with van der Waals surface area (Å²) in [5.41, 5.74) is 0.873. The Morgan fingerprint density at radius 2 is 1.84 bits per heavy atom. The predicted molar refractivity (Wildman–Crippen MR) is 94.0 cm³/mol. The molecule has 0 saturated heterocycles. The first-order chi connectivity index (χ1) is 11.7. The summed E-state index contributed by atoms with van der Waals surface area (Å²) in [6.45, 7) is 2.08. The number of rotatable bonds is 4. The van der Waals surface area contributed by atoms with E-state index >= 15 is 0 Å². The van der Waals surface area contributed by atoms with Crippen LogP contribution in [0.4, 0.5) is 18.0 Å². The molecule has 0 spiro atoms. The van der Waals surface area contributed by atoms with Crippen LogP contribution in [0.25, 0.3) is 0 Å². The molecule has 0 aliphatic rings. The molecule has 2 amide bonds. The molecule has 2 rings (SSSR count). The van der Waals surface area contributed by atoms with E-state index in [4.69, 9.17) is 0 Å². The normalized spacial score (nSPS) is 12.6. The van der Waals surface area contributed by atoms with Crippen LogP contribution in [0.15, 0.2) is 53.0 Å². The highest BCUT2D eigenvalue weighted by Gasteiger charge is 2.30. The molecule has 0 aromatic heterocycles. The number of alkyl halides is 3. The predicted octanol–water partition coefficient (Wildman–Crippen LogP) is 5.37. The van der Waals surface area contributed by atoms with Gasteiger partial charge in [-0.2, -0.15) is 13.2 Å². The SMILES string of the molecule is C[C@@H](NC(=O)N(C)Cc1ccc(C(F)(F)F)cc1)c1cccc(Br)c1. The molecule has 134 valence electrons. The van der Waals surface area contributed by atoms with E-state index in [9.17, 15) is 18.0 Å². The molecule has 25 heavy (non-hydrogen) atoms. The number of carbonyl (C=O) groups excluding carboxylic acids is 1. The summed E-state index contributed by atoms with van der Waals surface area (Å²) >= 11 is 3.39. The van der Waals surface area contributed by atoms with Crippen LogP contribution in [0.3, 0.4) is 0 Å².